The quantitative estimate of drug-likeness (QED) is 0.0903. The number of carboxylic acid groups (broad SMARTS) is 4. The highest BCUT2D eigenvalue weighted by atomic mass is 35.5. The highest BCUT2D eigenvalue weighted by molar-refractivity contribution is 6.32. The number of fused-ring (bicyclic) bond motifs is 4. The molecule has 0 spiro atoms. The molecular weight excluding hydrogens is 1410 g/mol. The van der Waals surface area contributed by atoms with Crippen LogP contribution in [0.2, 0.25) is 10.0 Å². The molecule has 0 aliphatic rings. The van der Waals surface area contributed by atoms with E-state index < -0.39 is 35.5 Å². The number of halogens is 4. The van der Waals surface area contributed by atoms with Crippen LogP contribution in [-0.4, -0.2) is 64.2 Å². The molecule has 0 fully saturated rings. The molecule has 4 heterocycles. The molecule has 109 heavy (non-hydrogen) atoms. The van der Waals surface area contributed by atoms with Gasteiger partial charge in [-0.25, -0.2) is 47.9 Å². The average Bonchev–Trinajstić information content (AvgIpc) is 0.810. The Morgan fingerprint density at radius 2 is 0.505 bits per heavy atom. The molecule has 0 aliphatic carbocycles. The monoisotopic (exact) mass is 1470 g/mol. The molecule has 0 atom stereocenters. The lowest BCUT2D eigenvalue weighted by atomic mass is 9.96. The maximum Gasteiger partial charge on any atom is 0.336 e. The van der Waals surface area contributed by atoms with Crippen LogP contribution in [0.5, 0.6) is 0 Å². The number of aryl methyl sites for hydroxylation is 4. The summed E-state index contributed by atoms with van der Waals surface area (Å²) in [5.74, 6) is -5.16. The predicted octanol–water partition coefficient (Wildman–Crippen LogP) is 24.2. The van der Waals surface area contributed by atoms with Gasteiger partial charge >= 0.3 is 23.9 Å². The van der Waals surface area contributed by atoms with Gasteiger partial charge in [-0.3, -0.25) is 0 Å². The molecule has 0 amide bonds. The van der Waals surface area contributed by atoms with Crippen molar-refractivity contribution in [3.05, 3.63) is 357 Å². The largest absolute Gasteiger partial charge is 0.478 e. The van der Waals surface area contributed by atoms with Crippen LogP contribution >= 0.6 is 23.2 Å². The van der Waals surface area contributed by atoms with E-state index in [-0.39, 0.29) is 22.3 Å². The third-order valence-electron chi connectivity index (χ3n) is 18.6. The Morgan fingerprint density at radius 1 is 0.266 bits per heavy atom. The zero-order valence-corrected chi connectivity index (χ0v) is 60.9. The normalized spacial score (nSPS) is 10.9. The maximum absolute atomic E-state index is 13.6. The maximum atomic E-state index is 13.6. The number of carboxylic acids is 4. The van der Waals surface area contributed by atoms with Gasteiger partial charge in [0, 0.05) is 53.8 Å². The van der Waals surface area contributed by atoms with E-state index in [2.05, 4.69) is 131 Å². The number of aromatic nitrogens is 4. The molecule has 0 radical (unpaired) electrons. The van der Waals surface area contributed by atoms with Crippen LogP contribution in [-0.2, 0) is 0 Å². The number of nitrogens with zero attached hydrogens (tertiary/aromatic N) is 4. The third kappa shape index (κ3) is 17.0. The van der Waals surface area contributed by atoms with E-state index in [4.69, 9.17) is 23.2 Å². The first kappa shape index (κ1) is 73.9. The highest BCUT2D eigenvalue weighted by Gasteiger charge is 2.21. The van der Waals surface area contributed by atoms with Crippen molar-refractivity contribution in [2.45, 2.75) is 34.6 Å². The van der Waals surface area contributed by atoms with Gasteiger partial charge in [-0.15, -0.1) is 0 Å². The fraction of sp³-hybridized carbons (Fsp3) is 0.0538. The van der Waals surface area contributed by atoms with E-state index in [9.17, 15) is 48.4 Å². The van der Waals surface area contributed by atoms with Crippen molar-refractivity contribution in [2.75, 3.05) is 0 Å². The van der Waals surface area contributed by atoms with Crippen LogP contribution in [0.1, 0.15) is 69.2 Å². The first-order chi connectivity index (χ1) is 52.5. The molecule has 16 heteroatoms. The summed E-state index contributed by atoms with van der Waals surface area (Å²) in [5, 5.41) is 41.0. The number of hydrogen-bond acceptors (Lipinski definition) is 8. The van der Waals surface area contributed by atoms with Crippen LogP contribution in [0.15, 0.2) is 285 Å². The number of aromatic carboxylic acids is 4. The summed E-state index contributed by atoms with van der Waals surface area (Å²) < 4.78 is 27.2. The van der Waals surface area contributed by atoms with E-state index in [1.165, 1.54) is 64.7 Å². The van der Waals surface area contributed by atoms with Crippen LogP contribution in [0.3, 0.4) is 0 Å². The Labute approximate surface area is 636 Å². The Bertz CT molecular complexity index is 5720. The summed E-state index contributed by atoms with van der Waals surface area (Å²) in [5.41, 5.74) is 22.6. The molecule has 534 valence electrons. The summed E-state index contributed by atoms with van der Waals surface area (Å²) in [6.07, 6.45) is 0. The minimum Gasteiger partial charge on any atom is -0.478 e. The lowest BCUT2D eigenvalue weighted by Crippen LogP contribution is -2.05. The Balaban J connectivity index is 0.000000128. The molecule has 16 aromatic rings. The topological polar surface area (TPSA) is 201 Å². The zero-order chi connectivity index (χ0) is 76.7. The van der Waals surface area contributed by atoms with E-state index in [0.29, 0.717) is 82.0 Å². The molecule has 0 aliphatic heterocycles. The summed E-state index contributed by atoms with van der Waals surface area (Å²) in [4.78, 5) is 65.3. The summed E-state index contributed by atoms with van der Waals surface area (Å²) in [7, 11) is 0. The van der Waals surface area contributed by atoms with Gasteiger partial charge in [0.05, 0.1) is 67.1 Å². The van der Waals surface area contributed by atoms with Crippen LogP contribution in [0.4, 0.5) is 8.78 Å². The van der Waals surface area contributed by atoms with Crippen molar-refractivity contribution >= 4 is 90.7 Å². The summed E-state index contributed by atoms with van der Waals surface area (Å²) in [6, 6.07) is 87.7. The van der Waals surface area contributed by atoms with Crippen molar-refractivity contribution in [3.8, 4) is 89.5 Å². The van der Waals surface area contributed by atoms with Gasteiger partial charge in [0.2, 0.25) is 0 Å². The Kier molecular flexibility index (Phi) is 21.8. The standard InChI is InChI=1S/C24H18FNO2.2C23H16ClNO2.C23H16FNO2/c1-14-3-5-16(6-4-14)17-7-9-18(10-8-17)23-15(2)22(24(27)28)20-13-19(25)11-12-21(20)26-23;3*1-14-2-4-15(5-3-14)16-6-8-17(9-7-16)22-13-20(23(26)27)19-12-18(24)10-11-21(19)25-22/h3-13H,1-2H3,(H,27,28);3*2-13H,1H3,(H,26,27). The van der Waals surface area contributed by atoms with Crippen LogP contribution < -0.4 is 0 Å². The van der Waals surface area contributed by atoms with Crippen molar-refractivity contribution < 1.29 is 48.4 Å². The van der Waals surface area contributed by atoms with Gasteiger partial charge in [0.1, 0.15) is 11.6 Å². The minimum absolute atomic E-state index is 0.0390. The Hall–Kier alpha value is -13.4. The molecule has 0 bridgehead atoms. The predicted molar refractivity (Wildman–Crippen MR) is 432 cm³/mol. The van der Waals surface area contributed by atoms with Crippen molar-refractivity contribution in [3.63, 3.8) is 0 Å². The molecule has 0 saturated carbocycles. The molecular formula is C93H66Cl2F2N4O8. The second kappa shape index (κ2) is 32.1. The molecule has 0 unspecified atom stereocenters. The lowest BCUT2D eigenvalue weighted by molar-refractivity contribution is 0.0687. The number of carbonyl (C=O) groups is 4. The van der Waals surface area contributed by atoms with Crippen LogP contribution in [0.25, 0.3) is 133 Å². The van der Waals surface area contributed by atoms with E-state index in [1.54, 1.807) is 55.5 Å². The van der Waals surface area contributed by atoms with Crippen molar-refractivity contribution in [1.29, 1.82) is 0 Å². The van der Waals surface area contributed by atoms with Gasteiger partial charge in [-0.05, 0) is 176 Å². The number of hydrogen-bond donors (Lipinski definition) is 4. The number of pyridine rings is 4. The minimum atomic E-state index is -1.11. The Morgan fingerprint density at radius 3 is 0.789 bits per heavy atom. The highest BCUT2D eigenvalue weighted by Crippen LogP contribution is 2.36. The third-order valence-corrected chi connectivity index (χ3v) is 19.1. The molecule has 4 aromatic heterocycles. The number of rotatable bonds is 12. The first-order valence-electron chi connectivity index (χ1n) is 34.5. The molecule has 12 aromatic carbocycles. The fourth-order valence-corrected chi connectivity index (χ4v) is 13.1. The van der Waals surface area contributed by atoms with Gasteiger partial charge < -0.3 is 20.4 Å². The first-order valence-corrected chi connectivity index (χ1v) is 35.3. The lowest BCUT2D eigenvalue weighted by Gasteiger charge is -2.13. The van der Waals surface area contributed by atoms with Crippen molar-refractivity contribution in [2.24, 2.45) is 0 Å². The van der Waals surface area contributed by atoms with Gasteiger partial charge in [0.15, 0.2) is 0 Å². The fourth-order valence-electron chi connectivity index (χ4n) is 12.8. The average molecular weight is 1480 g/mol. The second-order valence-corrected chi connectivity index (χ2v) is 27.1. The van der Waals surface area contributed by atoms with E-state index >= 15 is 0 Å². The van der Waals surface area contributed by atoms with E-state index in [0.717, 1.165) is 66.8 Å². The van der Waals surface area contributed by atoms with Crippen molar-refractivity contribution in [1.82, 2.24) is 19.9 Å². The summed E-state index contributed by atoms with van der Waals surface area (Å²) >= 11 is 12.0. The summed E-state index contributed by atoms with van der Waals surface area (Å²) in [6.45, 7) is 9.93. The SMILES string of the molecule is Cc1ccc(-c2ccc(-c3cc(C(=O)O)c4cc(Cl)ccc4n3)cc2)cc1.Cc1ccc(-c2ccc(-c3cc(C(=O)O)c4cc(Cl)ccc4n3)cc2)cc1.Cc1ccc(-c2ccc(-c3cc(C(=O)O)c4cc(F)ccc4n3)cc2)cc1.Cc1ccc(-c2ccc(-c3nc4ccc(F)cc4c(C(=O)O)c3C)cc2)cc1. The zero-order valence-electron chi connectivity index (χ0n) is 59.4. The van der Waals surface area contributed by atoms with E-state index in [1.807, 2.05) is 111 Å². The molecule has 0 saturated heterocycles. The number of benzene rings is 12. The molecule has 12 nitrogen and oxygen atoms in total. The van der Waals surface area contributed by atoms with Gasteiger partial charge in [-0.2, -0.15) is 0 Å². The second-order valence-electron chi connectivity index (χ2n) is 26.3. The molecule has 4 N–H and O–H groups in total. The van der Waals surface area contributed by atoms with Gasteiger partial charge in [-0.1, -0.05) is 240 Å². The van der Waals surface area contributed by atoms with Crippen LogP contribution in [0, 0.1) is 46.3 Å². The van der Waals surface area contributed by atoms with Gasteiger partial charge in [0.25, 0.3) is 0 Å². The smallest absolute Gasteiger partial charge is 0.336 e. The molecule has 16 rings (SSSR count).